The molecule has 3 heterocycles. The first-order chi connectivity index (χ1) is 20.5. The van der Waals surface area contributed by atoms with E-state index in [9.17, 15) is 0 Å². The van der Waals surface area contributed by atoms with E-state index in [0.29, 0.717) is 0 Å². The van der Waals surface area contributed by atoms with E-state index in [2.05, 4.69) is 44.9 Å². The maximum Gasteiger partial charge on any atom is 0.414 e. The Kier molecular flexibility index (Phi) is 19.3. The van der Waals surface area contributed by atoms with Gasteiger partial charge < -0.3 is 82.2 Å². The maximum atomic E-state index is 9.10. The van der Waals surface area contributed by atoms with E-state index in [4.69, 9.17) is 111 Å². The molecule has 0 fully saturated rings. The van der Waals surface area contributed by atoms with Crippen molar-refractivity contribution in [1.29, 1.82) is 0 Å². The van der Waals surface area contributed by atoms with Crippen molar-refractivity contribution in [2.45, 2.75) is 0 Å². The van der Waals surface area contributed by atoms with E-state index < -0.39 is 35.8 Å². The van der Waals surface area contributed by atoms with Gasteiger partial charge in [-0.25, -0.2) is 28.8 Å². The molecule has 30 nitrogen and oxygen atoms in total. The number of nitrogens with zero attached hydrogens (tertiary/aromatic N) is 9. The molecule has 0 aliphatic rings. The fourth-order valence-corrected chi connectivity index (χ4v) is 1.28. The zero-order valence-corrected chi connectivity index (χ0v) is 21.9. The molecule has 0 spiro atoms. The SMILES string of the molecule is Nc1nc(N)nc(N)n1.Nc1nc(N)nc(N)n1.Nc1nc(N)nc(N)n1.O=C(O)C(=O)O.O=C(O)C(=O)O.O=C(O)C(=O)O. The number of nitrogen functional groups attached to an aromatic ring is 9. The predicted octanol–water partition coefficient (Wildman–Crippen LogP) is -6.68. The highest BCUT2D eigenvalue weighted by molar-refractivity contribution is 6.28. The van der Waals surface area contributed by atoms with E-state index in [1.807, 2.05) is 0 Å². The van der Waals surface area contributed by atoms with Crippen LogP contribution < -0.4 is 51.6 Å². The number of carbonyl (C=O) groups is 6. The lowest BCUT2D eigenvalue weighted by atomic mass is 10.7. The molecule has 3 rings (SSSR count). The lowest BCUT2D eigenvalue weighted by Crippen LogP contribution is -2.09. The summed E-state index contributed by atoms with van der Waals surface area (Å²) in [6.07, 6.45) is 0. The summed E-state index contributed by atoms with van der Waals surface area (Å²) >= 11 is 0. The van der Waals surface area contributed by atoms with Crippen LogP contribution in [0.2, 0.25) is 0 Å². The van der Waals surface area contributed by atoms with Gasteiger partial charge in [0, 0.05) is 0 Å². The van der Waals surface area contributed by atoms with Gasteiger partial charge >= 0.3 is 35.8 Å². The van der Waals surface area contributed by atoms with Crippen LogP contribution in [0, 0.1) is 0 Å². The Morgan fingerprint density at radius 2 is 0.333 bits per heavy atom. The fourth-order valence-electron chi connectivity index (χ4n) is 1.28. The minimum atomic E-state index is -1.82. The first-order valence-electron chi connectivity index (χ1n) is 9.94. The summed E-state index contributed by atoms with van der Waals surface area (Å²) in [5, 5.41) is 44.3. The molecule has 246 valence electrons. The molecular formula is C15H24N18O12. The first kappa shape index (κ1) is 41.5. The van der Waals surface area contributed by atoms with Crippen LogP contribution in [0.1, 0.15) is 0 Å². The van der Waals surface area contributed by atoms with Crippen molar-refractivity contribution >= 4 is 89.4 Å². The Morgan fingerprint density at radius 3 is 0.378 bits per heavy atom. The van der Waals surface area contributed by atoms with Crippen LogP contribution in [0.25, 0.3) is 0 Å². The highest BCUT2D eigenvalue weighted by Gasteiger charge is 2.05. The Morgan fingerprint density at radius 1 is 0.267 bits per heavy atom. The lowest BCUT2D eigenvalue weighted by molar-refractivity contribution is -0.159. The van der Waals surface area contributed by atoms with Crippen molar-refractivity contribution in [2.24, 2.45) is 0 Å². The largest absolute Gasteiger partial charge is 0.473 e. The Labute approximate surface area is 246 Å². The van der Waals surface area contributed by atoms with Crippen LogP contribution in [0.15, 0.2) is 0 Å². The number of aromatic nitrogens is 9. The van der Waals surface area contributed by atoms with Crippen LogP contribution in [0.3, 0.4) is 0 Å². The van der Waals surface area contributed by atoms with Gasteiger partial charge in [0.1, 0.15) is 0 Å². The van der Waals surface area contributed by atoms with Gasteiger partial charge in [-0.15, -0.1) is 0 Å². The van der Waals surface area contributed by atoms with Crippen molar-refractivity contribution in [3.05, 3.63) is 0 Å². The van der Waals surface area contributed by atoms with Crippen LogP contribution >= 0.6 is 0 Å². The predicted molar refractivity (Wildman–Crippen MR) is 145 cm³/mol. The monoisotopic (exact) mass is 648 g/mol. The van der Waals surface area contributed by atoms with E-state index in [1.165, 1.54) is 0 Å². The number of anilines is 9. The van der Waals surface area contributed by atoms with E-state index in [1.54, 1.807) is 0 Å². The molecule has 0 amide bonds. The number of nitrogens with two attached hydrogens (primary N) is 9. The highest BCUT2D eigenvalue weighted by atomic mass is 16.5. The van der Waals surface area contributed by atoms with Gasteiger partial charge in [-0.1, -0.05) is 0 Å². The third-order valence-corrected chi connectivity index (χ3v) is 2.61. The summed E-state index contributed by atoms with van der Waals surface area (Å²) in [5.41, 5.74) is 46.2. The smallest absolute Gasteiger partial charge is 0.414 e. The number of rotatable bonds is 0. The average Bonchev–Trinajstić information content (AvgIpc) is 2.83. The molecule has 0 saturated heterocycles. The maximum absolute atomic E-state index is 9.10. The first-order valence-corrected chi connectivity index (χ1v) is 9.94. The van der Waals surface area contributed by atoms with Crippen molar-refractivity contribution in [2.75, 3.05) is 51.6 Å². The molecule has 0 aromatic carbocycles. The molecule has 0 unspecified atom stereocenters. The zero-order chi connectivity index (χ0) is 36.0. The van der Waals surface area contributed by atoms with E-state index in [-0.39, 0.29) is 53.5 Å². The topological polar surface area (TPSA) is 574 Å². The van der Waals surface area contributed by atoms with Crippen molar-refractivity contribution < 1.29 is 59.4 Å². The second-order valence-electron chi connectivity index (χ2n) is 6.06. The molecule has 0 radical (unpaired) electrons. The summed E-state index contributed by atoms with van der Waals surface area (Å²) in [4.78, 5) is 86.0. The number of hydrogen-bond donors (Lipinski definition) is 15. The van der Waals surface area contributed by atoms with Crippen molar-refractivity contribution in [3.63, 3.8) is 0 Å². The van der Waals surface area contributed by atoms with Gasteiger partial charge in [-0.3, -0.25) is 0 Å². The minimum absolute atomic E-state index is 0.0417. The number of carboxylic acids is 6. The highest BCUT2D eigenvalue weighted by Crippen LogP contribution is 1.98. The quantitative estimate of drug-likeness (QED) is 0.101. The van der Waals surface area contributed by atoms with Crippen LogP contribution in [-0.2, 0) is 28.8 Å². The lowest BCUT2D eigenvalue weighted by Gasteiger charge is -1.93. The van der Waals surface area contributed by atoms with Gasteiger partial charge in [-0.2, -0.15) is 44.9 Å². The molecule has 3 aromatic rings. The molecule has 30 heteroatoms. The Balaban J connectivity index is -0.000000477. The van der Waals surface area contributed by atoms with E-state index >= 15 is 0 Å². The van der Waals surface area contributed by atoms with Gasteiger partial charge in [0.25, 0.3) is 0 Å². The van der Waals surface area contributed by atoms with Crippen LogP contribution in [0.4, 0.5) is 53.5 Å². The number of carboxylic acid groups (broad SMARTS) is 6. The second-order valence-corrected chi connectivity index (χ2v) is 6.06. The normalized spacial score (nSPS) is 8.53. The molecule has 0 saturated carbocycles. The third-order valence-electron chi connectivity index (χ3n) is 2.61. The zero-order valence-electron chi connectivity index (χ0n) is 21.9. The van der Waals surface area contributed by atoms with Crippen molar-refractivity contribution in [1.82, 2.24) is 44.9 Å². The molecule has 0 bridgehead atoms. The van der Waals surface area contributed by atoms with Gasteiger partial charge in [0.05, 0.1) is 0 Å². The molecular weight excluding hydrogens is 624 g/mol. The van der Waals surface area contributed by atoms with Gasteiger partial charge in [0.15, 0.2) is 0 Å². The molecule has 0 atom stereocenters. The molecule has 45 heavy (non-hydrogen) atoms. The Bertz CT molecular complexity index is 1130. The molecule has 24 N–H and O–H groups in total. The number of hydrogen-bond acceptors (Lipinski definition) is 24. The molecule has 3 aromatic heterocycles. The second kappa shape index (κ2) is 20.9. The standard InChI is InChI=1S/3C3H6N6.3C2H2O4/c3*4-1-7-2(5)9-3(6)8-1;3*3-1(4)2(5)6/h3*(H6,4,5,6,7,8,9);3*(H,3,4)(H,5,6). The summed E-state index contributed by atoms with van der Waals surface area (Å²) < 4.78 is 0. The Hall–Kier alpha value is -7.95. The summed E-state index contributed by atoms with van der Waals surface area (Å²) in [6, 6.07) is 0. The minimum Gasteiger partial charge on any atom is -0.473 e. The average molecular weight is 648 g/mol. The van der Waals surface area contributed by atoms with E-state index in [0.717, 1.165) is 0 Å². The van der Waals surface area contributed by atoms with Crippen LogP contribution in [0.5, 0.6) is 0 Å². The van der Waals surface area contributed by atoms with Crippen LogP contribution in [-0.4, -0.2) is 111 Å². The summed E-state index contributed by atoms with van der Waals surface area (Å²) in [5.74, 6) is -10.6. The molecule has 0 aliphatic heterocycles. The summed E-state index contributed by atoms with van der Waals surface area (Å²) in [6.45, 7) is 0. The van der Waals surface area contributed by atoms with Gasteiger partial charge in [-0.05, 0) is 0 Å². The van der Waals surface area contributed by atoms with Gasteiger partial charge in [0.2, 0.25) is 53.5 Å². The third kappa shape index (κ3) is 26.1. The van der Waals surface area contributed by atoms with Crippen molar-refractivity contribution in [3.8, 4) is 0 Å². The molecule has 0 aliphatic carbocycles. The summed E-state index contributed by atoms with van der Waals surface area (Å²) in [7, 11) is 0. The number of aliphatic carboxylic acids is 6. The fraction of sp³-hybridized carbons (Fsp3) is 0.